The van der Waals surface area contributed by atoms with Gasteiger partial charge in [-0.3, -0.25) is 0 Å². The van der Waals surface area contributed by atoms with E-state index >= 15 is 0 Å². The van der Waals surface area contributed by atoms with Crippen molar-refractivity contribution in [1.29, 1.82) is 0 Å². The Hall–Kier alpha value is -5.64. The fraction of sp³-hybridized carbons (Fsp3) is 0.0667. The first-order valence-electron chi connectivity index (χ1n) is 16.3. The van der Waals surface area contributed by atoms with Crippen LogP contribution in [-0.4, -0.2) is 0 Å². The molecule has 1 heterocycles. The van der Waals surface area contributed by atoms with Crippen molar-refractivity contribution >= 4 is 59.9 Å². The maximum absolute atomic E-state index is 4.13. The van der Waals surface area contributed by atoms with Gasteiger partial charge in [-0.05, 0) is 95.1 Å². The Kier molecular flexibility index (Phi) is 7.35. The van der Waals surface area contributed by atoms with Crippen LogP contribution in [0.5, 0.6) is 0 Å². The number of nitrogens with zero attached hydrogens (tertiary/aromatic N) is 2. The summed E-state index contributed by atoms with van der Waals surface area (Å²) < 4.78 is 2.66. The summed E-state index contributed by atoms with van der Waals surface area (Å²) in [6.45, 7) is 12.9. The number of thiophene rings is 1. The molecule has 0 spiro atoms. The number of allylic oxidation sites excluding steroid dienone is 3. The van der Waals surface area contributed by atoms with Crippen LogP contribution in [0.3, 0.4) is 0 Å². The highest BCUT2D eigenvalue weighted by Crippen LogP contribution is 2.55. The molecule has 0 saturated carbocycles. The quantitative estimate of drug-likeness (QED) is 0.153. The van der Waals surface area contributed by atoms with Gasteiger partial charge in [-0.1, -0.05) is 112 Å². The first-order valence-corrected chi connectivity index (χ1v) is 17.2. The number of benzene rings is 6. The van der Waals surface area contributed by atoms with Crippen molar-refractivity contribution in [3.63, 3.8) is 0 Å². The molecule has 1 aliphatic carbocycles. The van der Waals surface area contributed by atoms with Crippen LogP contribution in [0.4, 0.5) is 28.4 Å². The molecule has 0 unspecified atom stereocenters. The summed E-state index contributed by atoms with van der Waals surface area (Å²) >= 11 is 1.91. The lowest BCUT2D eigenvalue weighted by Gasteiger charge is -2.28. The zero-order valence-electron chi connectivity index (χ0n) is 27.2. The predicted octanol–water partition coefficient (Wildman–Crippen LogP) is 13.2. The van der Waals surface area contributed by atoms with Gasteiger partial charge in [0.25, 0.3) is 0 Å². The predicted molar refractivity (Wildman–Crippen MR) is 209 cm³/mol. The van der Waals surface area contributed by atoms with E-state index in [-0.39, 0.29) is 5.41 Å². The third-order valence-corrected chi connectivity index (χ3v) is 10.7. The van der Waals surface area contributed by atoms with Crippen molar-refractivity contribution in [3.05, 3.63) is 188 Å². The zero-order valence-corrected chi connectivity index (χ0v) is 28.0. The summed E-state index contributed by atoms with van der Waals surface area (Å²) in [5.41, 5.74) is 11.8. The molecule has 0 aliphatic heterocycles. The fourth-order valence-corrected chi connectivity index (χ4v) is 8.79. The van der Waals surface area contributed by atoms with E-state index in [4.69, 9.17) is 0 Å². The van der Waals surface area contributed by atoms with E-state index in [0.29, 0.717) is 0 Å². The Morgan fingerprint density at radius 3 is 1.81 bits per heavy atom. The highest BCUT2D eigenvalue weighted by Gasteiger charge is 2.38. The van der Waals surface area contributed by atoms with Gasteiger partial charge in [-0.2, -0.15) is 0 Å². The maximum Gasteiger partial charge on any atom is 0.0476 e. The van der Waals surface area contributed by atoms with Crippen LogP contribution >= 0.6 is 11.3 Å². The number of rotatable bonds is 8. The van der Waals surface area contributed by atoms with E-state index in [9.17, 15) is 0 Å². The largest absolute Gasteiger partial charge is 0.311 e. The van der Waals surface area contributed by atoms with Crippen molar-refractivity contribution in [3.8, 4) is 11.1 Å². The zero-order chi connectivity index (χ0) is 32.8. The van der Waals surface area contributed by atoms with Crippen LogP contribution in [0, 0.1) is 0 Å². The molecule has 1 aromatic heterocycles. The second-order valence-corrected chi connectivity index (χ2v) is 13.8. The molecule has 48 heavy (non-hydrogen) atoms. The summed E-state index contributed by atoms with van der Waals surface area (Å²) in [6, 6.07) is 50.2. The molecule has 6 aromatic carbocycles. The SMILES string of the molecule is C=C/C=C(\C=C)N(c1ccccc1)c1ccc2c(c1)C(C)(C)c1c-2ccc2c1sc1cc(N(c3ccccc3)c3ccccc3)ccc12. The Balaban J connectivity index is 1.26. The van der Waals surface area contributed by atoms with E-state index < -0.39 is 0 Å². The Morgan fingerprint density at radius 1 is 0.604 bits per heavy atom. The molecule has 8 rings (SSSR count). The van der Waals surface area contributed by atoms with Crippen molar-refractivity contribution in [1.82, 2.24) is 0 Å². The lowest BCUT2D eigenvalue weighted by Crippen LogP contribution is -2.18. The normalized spacial score (nSPS) is 13.2. The number of anilines is 5. The van der Waals surface area contributed by atoms with Crippen LogP contribution in [0.2, 0.25) is 0 Å². The van der Waals surface area contributed by atoms with Crippen LogP contribution < -0.4 is 9.80 Å². The lowest BCUT2D eigenvalue weighted by atomic mass is 9.81. The molecule has 0 N–H and O–H groups in total. The monoisotopic (exact) mass is 636 g/mol. The minimum atomic E-state index is -0.192. The average Bonchev–Trinajstić information content (AvgIpc) is 3.60. The van der Waals surface area contributed by atoms with Crippen LogP contribution in [0.1, 0.15) is 25.0 Å². The highest BCUT2D eigenvalue weighted by molar-refractivity contribution is 7.26. The number of hydrogen-bond acceptors (Lipinski definition) is 3. The average molecular weight is 637 g/mol. The summed E-state index contributed by atoms with van der Waals surface area (Å²) in [6.07, 6.45) is 5.73. The molecule has 2 nitrogen and oxygen atoms in total. The van der Waals surface area contributed by atoms with Crippen molar-refractivity contribution in [2.75, 3.05) is 9.80 Å². The number of hydrogen-bond donors (Lipinski definition) is 0. The van der Waals surface area contributed by atoms with E-state index in [2.05, 4.69) is 176 Å². The number of para-hydroxylation sites is 3. The molecule has 0 fully saturated rings. The van der Waals surface area contributed by atoms with Gasteiger partial charge >= 0.3 is 0 Å². The van der Waals surface area contributed by atoms with E-state index in [1.165, 1.54) is 42.4 Å². The van der Waals surface area contributed by atoms with Crippen LogP contribution in [-0.2, 0) is 5.41 Å². The molecular formula is C45H36N2S. The molecule has 0 bridgehead atoms. The van der Waals surface area contributed by atoms with Crippen molar-refractivity contribution in [2.45, 2.75) is 19.3 Å². The maximum atomic E-state index is 4.13. The summed E-state index contributed by atoms with van der Waals surface area (Å²) in [5.74, 6) is 0. The Morgan fingerprint density at radius 2 is 1.19 bits per heavy atom. The topological polar surface area (TPSA) is 6.48 Å². The van der Waals surface area contributed by atoms with E-state index in [1.54, 1.807) is 0 Å². The van der Waals surface area contributed by atoms with Crippen LogP contribution in [0.25, 0.3) is 31.3 Å². The van der Waals surface area contributed by atoms with Gasteiger partial charge in [0.15, 0.2) is 0 Å². The molecule has 0 radical (unpaired) electrons. The second kappa shape index (κ2) is 11.9. The Bertz CT molecular complexity index is 2310. The highest BCUT2D eigenvalue weighted by atomic mass is 32.1. The third-order valence-electron chi connectivity index (χ3n) is 9.53. The standard InChI is InChI=1S/C45H36N2S/c1-5-16-31(6-2)46(32-17-10-7-11-18-32)35-23-25-37-39-27-28-40-38-26-24-36(30-42(38)48-44(40)43(39)45(3,4)41(37)29-35)47(33-19-12-8-13-20-33)34-21-14-9-15-22-34/h5-30H,1-2H2,3-4H3/b31-16+. The smallest absolute Gasteiger partial charge is 0.0476 e. The molecular weight excluding hydrogens is 601 g/mol. The van der Waals surface area contributed by atoms with Gasteiger partial charge in [0, 0.05) is 59.7 Å². The molecule has 0 saturated heterocycles. The van der Waals surface area contributed by atoms with Crippen LogP contribution in [0.15, 0.2) is 177 Å². The summed E-state index contributed by atoms with van der Waals surface area (Å²) in [7, 11) is 0. The minimum absolute atomic E-state index is 0.192. The van der Waals surface area contributed by atoms with Gasteiger partial charge in [0.1, 0.15) is 0 Å². The van der Waals surface area contributed by atoms with E-state index in [0.717, 1.165) is 34.1 Å². The molecule has 7 aromatic rings. The number of fused-ring (bicyclic) bond motifs is 7. The summed E-state index contributed by atoms with van der Waals surface area (Å²) in [4.78, 5) is 4.60. The van der Waals surface area contributed by atoms with Gasteiger partial charge in [-0.15, -0.1) is 11.3 Å². The summed E-state index contributed by atoms with van der Waals surface area (Å²) in [5, 5.41) is 2.62. The molecule has 0 amide bonds. The van der Waals surface area contributed by atoms with Crippen molar-refractivity contribution in [2.24, 2.45) is 0 Å². The molecule has 3 heteroatoms. The third kappa shape index (κ3) is 4.78. The van der Waals surface area contributed by atoms with Crippen molar-refractivity contribution < 1.29 is 0 Å². The molecule has 0 atom stereocenters. The Labute approximate surface area is 286 Å². The van der Waals surface area contributed by atoms with E-state index in [1.807, 2.05) is 29.6 Å². The van der Waals surface area contributed by atoms with Gasteiger partial charge in [0.05, 0.1) is 0 Å². The first kappa shape index (κ1) is 29.7. The molecule has 1 aliphatic rings. The van der Waals surface area contributed by atoms with Gasteiger partial charge in [0.2, 0.25) is 0 Å². The molecule has 232 valence electrons. The fourth-order valence-electron chi connectivity index (χ4n) is 7.35. The second-order valence-electron chi connectivity index (χ2n) is 12.7. The lowest BCUT2D eigenvalue weighted by molar-refractivity contribution is 0.667. The van der Waals surface area contributed by atoms with Gasteiger partial charge < -0.3 is 9.80 Å². The first-order chi connectivity index (χ1) is 23.5. The minimum Gasteiger partial charge on any atom is -0.311 e. The van der Waals surface area contributed by atoms with Gasteiger partial charge in [-0.25, -0.2) is 0 Å².